The lowest BCUT2D eigenvalue weighted by atomic mass is 10.2. The van der Waals surface area contributed by atoms with Crippen molar-refractivity contribution in [2.24, 2.45) is 5.92 Å². The number of hydrogen-bond donors (Lipinski definition) is 3. The zero-order valence-electron chi connectivity index (χ0n) is 15.0. The van der Waals surface area contributed by atoms with Crippen molar-refractivity contribution in [3.8, 4) is 5.95 Å². The van der Waals surface area contributed by atoms with Crippen molar-refractivity contribution in [2.75, 3.05) is 11.9 Å². The van der Waals surface area contributed by atoms with E-state index in [2.05, 4.69) is 25.7 Å². The van der Waals surface area contributed by atoms with Gasteiger partial charge in [0.25, 0.3) is 5.56 Å². The van der Waals surface area contributed by atoms with Crippen LogP contribution in [0.2, 0.25) is 0 Å². The van der Waals surface area contributed by atoms with Gasteiger partial charge >= 0.3 is 11.8 Å². The summed E-state index contributed by atoms with van der Waals surface area (Å²) in [6.45, 7) is 6.03. The molecule has 2 aromatic heterocycles. The van der Waals surface area contributed by atoms with Crippen LogP contribution in [0, 0.1) is 12.8 Å². The normalized spacial score (nSPS) is 12.9. The number of nitrogens with zero attached hydrogens (tertiary/aromatic N) is 3. The lowest BCUT2D eigenvalue weighted by molar-refractivity contribution is -0.136. The summed E-state index contributed by atoms with van der Waals surface area (Å²) >= 11 is 0. The van der Waals surface area contributed by atoms with Crippen molar-refractivity contribution >= 4 is 17.6 Å². The molecule has 9 nitrogen and oxygen atoms in total. The minimum atomic E-state index is -0.796. The molecule has 1 aliphatic carbocycles. The molecule has 0 unspecified atom stereocenters. The fraction of sp³-hybridized carbons (Fsp3) is 0.471. The number of rotatable bonds is 4. The fourth-order valence-electron chi connectivity index (χ4n) is 2.83. The van der Waals surface area contributed by atoms with Gasteiger partial charge in [-0.15, -0.1) is 0 Å². The van der Waals surface area contributed by atoms with E-state index in [0.29, 0.717) is 17.8 Å². The van der Waals surface area contributed by atoms with E-state index >= 15 is 0 Å². The molecule has 0 atom stereocenters. The van der Waals surface area contributed by atoms with Crippen LogP contribution < -0.4 is 16.2 Å². The Morgan fingerprint density at radius 3 is 2.81 bits per heavy atom. The molecular weight excluding hydrogens is 336 g/mol. The highest BCUT2D eigenvalue weighted by Gasteiger charge is 2.21. The summed E-state index contributed by atoms with van der Waals surface area (Å²) in [4.78, 5) is 43.4. The summed E-state index contributed by atoms with van der Waals surface area (Å²) < 4.78 is 1.34. The molecule has 0 bridgehead atoms. The Morgan fingerprint density at radius 2 is 2.08 bits per heavy atom. The number of aryl methyl sites for hydroxylation is 2. The molecule has 0 fully saturated rings. The maximum atomic E-state index is 12.2. The van der Waals surface area contributed by atoms with E-state index < -0.39 is 11.8 Å². The number of aromatic nitrogens is 4. The van der Waals surface area contributed by atoms with Gasteiger partial charge in [-0.05, 0) is 32.1 Å². The molecule has 0 radical (unpaired) electrons. The number of carbonyl (C=O) groups excluding carboxylic acids is 2. The number of aromatic amines is 1. The highest BCUT2D eigenvalue weighted by Crippen LogP contribution is 2.19. The van der Waals surface area contributed by atoms with Gasteiger partial charge < -0.3 is 10.6 Å². The van der Waals surface area contributed by atoms with Gasteiger partial charge in [-0.3, -0.25) is 19.4 Å². The average molecular weight is 358 g/mol. The standard InChI is InChI=1S/C17H22N6O3/c1-9(2)8-18-15(25)16(26)20-13-7-10(3)22-23(13)17-19-12-6-4-5-11(12)14(24)21-17/h7,9H,4-6,8H2,1-3H3,(H,18,25)(H,20,26)(H,19,21,24). The molecule has 3 N–H and O–H groups in total. The number of nitrogens with one attached hydrogen (secondary N) is 3. The fourth-order valence-corrected chi connectivity index (χ4v) is 2.83. The molecule has 0 saturated heterocycles. The first kappa shape index (κ1) is 17.8. The summed E-state index contributed by atoms with van der Waals surface area (Å²) in [5.41, 5.74) is 1.88. The highest BCUT2D eigenvalue weighted by molar-refractivity contribution is 6.39. The SMILES string of the molecule is Cc1cc(NC(=O)C(=O)NCC(C)C)n(-c2nc3c(c(=O)[nH]2)CCC3)n1. The van der Waals surface area contributed by atoms with E-state index in [0.717, 1.165) is 25.0 Å². The molecule has 9 heteroatoms. The van der Waals surface area contributed by atoms with Crippen molar-refractivity contribution < 1.29 is 9.59 Å². The Bertz CT molecular complexity index is 912. The van der Waals surface area contributed by atoms with Crippen LogP contribution in [0.15, 0.2) is 10.9 Å². The van der Waals surface area contributed by atoms with Gasteiger partial charge in [0.1, 0.15) is 5.82 Å². The van der Waals surface area contributed by atoms with Gasteiger partial charge in [0.2, 0.25) is 5.95 Å². The zero-order chi connectivity index (χ0) is 18.8. The summed E-state index contributed by atoms with van der Waals surface area (Å²) in [5, 5.41) is 9.36. The third kappa shape index (κ3) is 3.66. The van der Waals surface area contributed by atoms with Crippen LogP contribution in [0.5, 0.6) is 0 Å². The highest BCUT2D eigenvalue weighted by atomic mass is 16.2. The molecule has 0 spiro atoms. The Balaban J connectivity index is 1.85. The van der Waals surface area contributed by atoms with Crippen LogP contribution in [-0.4, -0.2) is 38.1 Å². The Kier molecular flexibility index (Phi) is 4.88. The zero-order valence-corrected chi connectivity index (χ0v) is 15.0. The topological polar surface area (TPSA) is 122 Å². The summed E-state index contributed by atoms with van der Waals surface area (Å²) in [5.74, 6) is -0.787. The van der Waals surface area contributed by atoms with Gasteiger partial charge in [0.15, 0.2) is 0 Å². The van der Waals surface area contributed by atoms with E-state index in [9.17, 15) is 14.4 Å². The van der Waals surface area contributed by atoms with Gasteiger partial charge in [-0.25, -0.2) is 4.98 Å². The van der Waals surface area contributed by atoms with Gasteiger partial charge in [0, 0.05) is 18.2 Å². The van der Waals surface area contributed by atoms with Crippen LogP contribution in [-0.2, 0) is 22.4 Å². The quantitative estimate of drug-likeness (QED) is 0.686. The Morgan fingerprint density at radius 1 is 1.31 bits per heavy atom. The Labute approximate surface area is 150 Å². The van der Waals surface area contributed by atoms with Crippen molar-refractivity contribution in [1.29, 1.82) is 0 Å². The van der Waals surface area contributed by atoms with Crippen LogP contribution in [0.1, 0.15) is 37.2 Å². The maximum Gasteiger partial charge on any atom is 0.314 e. The lowest BCUT2D eigenvalue weighted by Gasteiger charge is -2.10. The Hall–Kier alpha value is -2.97. The number of H-pyrrole nitrogens is 1. The smallest absolute Gasteiger partial charge is 0.314 e. The van der Waals surface area contributed by atoms with Crippen molar-refractivity contribution in [3.63, 3.8) is 0 Å². The maximum absolute atomic E-state index is 12.2. The summed E-state index contributed by atoms with van der Waals surface area (Å²) in [7, 11) is 0. The number of hydrogen-bond acceptors (Lipinski definition) is 5. The van der Waals surface area contributed by atoms with E-state index in [1.165, 1.54) is 4.68 Å². The van der Waals surface area contributed by atoms with Gasteiger partial charge in [-0.2, -0.15) is 9.78 Å². The molecule has 1 aliphatic rings. The lowest BCUT2D eigenvalue weighted by Crippen LogP contribution is -2.37. The average Bonchev–Trinajstić information content (AvgIpc) is 3.19. The van der Waals surface area contributed by atoms with Gasteiger partial charge in [0.05, 0.1) is 11.4 Å². The summed E-state index contributed by atoms with van der Waals surface area (Å²) in [6.07, 6.45) is 2.36. The molecule has 2 heterocycles. The number of fused-ring (bicyclic) bond motifs is 1. The number of carbonyl (C=O) groups is 2. The largest absolute Gasteiger partial charge is 0.348 e. The van der Waals surface area contributed by atoms with Gasteiger partial charge in [-0.1, -0.05) is 13.8 Å². The number of amides is 2. The molecule has 2 amide bonds. The molecule has 26 heavy (non-hydrogen) atoms. The monoisotopic (exact) mass is 358 g/mol. The van der Waals surface area contributed by atoms with Crippen LogP contribution in [0.25, 0.3) is 5.95 Å². The van der Waals surface area contributed by atoms with E-state index in [-0.39, 0.29) is 23.2 Å². The molecule has 3 rings (SSSR count). The molecule has 2 aromatic rings. The minimum absolute atomic E-state index is 0.192. The van der Waals surface area contributed by atoms with Crippen molar-refractivity contribution in [2.45, 2.75) is 40.0 Å². The predicted molar refractivity (Wildman–Crippen MR) is 95.2 cm³/mol. The first-order valence-electron chi connectivity index (χ1n) is 8.63. The van der Waals surface area contributed by atoms with E-state index in [1.807, 2.05) is 13.8 Å². The van der Waals surface area contributed by atoms with E-state index in [1.54, 1.807) is 13.0 Å². The van der Waals surface area contributed by atoms with Crippen LogP contribution >= 0.6 is 0 Å². The third-order valence-electron chi connectivity index (χ3n) is 4.08. The van der Waals surface area contributed by atoms with Crippen LogP contribution in [0.3, 0.4) is 0 Å². The second-order valence-electron chi connectivity index (χ2n) is 6.81. The molecule has 0 saturated carbocycles. The van der Waals surface area contributed by atoms with E-state index in [4.69, 9.17) is 0 Å². The molecule has 0 aromatic carbocycles. The van der Waals surface area contributed by atoms with Crippen molar-refractivity contribution in [3.05, 3.63) is 33.4 Å². The molecule has 138 valence electrons. The second kappa shape index (κ2) is 7.11. The second-order valence-corrected chi connectivity index (χ2v) is 6.81. The molecular formula is C17H22N6O3. The summed E-state index contributed by atoms with van der Waals surface area (Å²) in [6, 6.07) is 1.61. The minimum Gasteiger partial charge on any atom is -0.348 e. The van der Waals surface area contributed by atoms with Crippen LogP contribution in [0.4, 0.5) is 5.82 Å². The first-order valence-corrected chi connectivity index (χ1v) is 8.63. The van der Waals surface area contributed by atoms with Crippen molar-refractivity contribution in [1.82, 2.24) is 25.1 Å². The first-order chi connectivity index (χ1) is 12.3. The number of anilines is 1. The molecule has 0 aliphatic heterocycles. The third-order valence-corrected chi connectivity index (χ3v) is 4.08. The predicted octanol–water partition coefficient (Wildman–Crippen LogP) is 0.463.